The van der Waals surface area contributed by atoms with Gasteiger partial charge in [0, 0.05) is 31.0 Å². The normalized spacial score (nSPS) is 12.4. The van der Waals surface area contributed by atoms with E-state index in [9.17, 15) is 0 Å². The topological polar surface area (TPSA) is 66.0 Å². The van der Waals surface area contributed by atoms with Crippen molar-refractivity contribution in [3.05, 3.63) is 54.2 Å². The van der Waals surface area contributed by atoms with Crippen LogP contribution in [-0.2, 0) is 17.8 Å². The Kier molecular flexibility index (Phi) is 4.83. The van der Waals surface area contributed by atoms with Gasteiger partial charge in [-0.15, -0.1) is 0 Å². The quantitative estimate of drug-likeness (QED) is 0.670. The summed E-state index contributed by atoms with van der Waals surface area (Å²) in [5.41, 5.74) is 2.07. The van der Waals surface area contributed by atoms with Gasteiger partial charge in [-0.3, -0.25) is 4.68 Å². The van der Waals surface area contributed by atoms with Gasteiger partial charge in [-0.25, -0.2) is 0 Å². The lowest BCUT2D eigenvalue weighted by molar-refractivity contribution is 0.134. The molecule has 0 N–H and O–H groups in total. The van der Waals surface area contributed by atoms with Gasteiger partial charge in [-0.05, 0) is 25.5 Å². The van der Waals surface area contributed by atoms with E-state index < -0.39 is 0 Å². The Morgan fingerprint density at radius 3 is 2.78 bits per heavy atom. The molecule has 120 valence electrons. The standard InChI is InChI=1S/C17H20N4O2/c1-3-22-12-14-5-7-15(8-6-14)17-19-16(23-20-17)11-13(2)21-10-4-9-18-21/h4-10,13H,3,11-12H2,1-2H3. The zero-order valence-electron chi connectivity index (χ0n) is 13.3. The van der Waals surface area contributed by atoms with Gasteiger partial charge in [0.15, 0.2) is 0 Å². The molecule has 0 radical (unpaired) electrons. The molecule has 1 unspecified atom stereocenters. The highest BCUT2D eigenvalue weighted by atomic mass is 16.5. The van der Waals surface area contributed by atoms with Crippen molar-refractivity contribution in [1.29, 1.82) is 0 Å². The molecule has 0 aliphatic rings. The molecule has 2 aromatic heterocycles. The van der Waals surface area contributed by atoms with E-state index in [1.165, 1.54) is 0 Å². The maximum absolute atomic E-state index is 5.39. The van der Waals surface area contributed by atoms with Gasteiger partial charge in [-0.2, -0.15) is 10.1 Å². The summed E-state index contributed by atoms with van der Waals surface area (Å²) in [5, 5.41) is 8.29. The zero-order valence-corrected chi connectivity index (χ0v) is 13.3. The minimum atomic E-state index is 0.173. The van der Waals surface area contributed by atoms with Crippen molar-refractivity contribution < 1.29 is 9.26 Å². The van der Waals surface area contributed by atoms with Gasteiger partial charge in [0.2, 0.25) is 11.7 Å². The number of hydrogen-bond acceptors (Lipinski definition) is 5. The van der Waals surface area contributed by atoms with Gasteiger partial charge in [0.05, 0.1) is 12.6 Å². The first-order valence-electron chi connectivity index (χ1n) is 7.75. The molecule has 0 bridgehead atoms. The predicted molar refractivity (Wildman–Crippen MR) is 85.7 cm³/mol. The second-order valence-electron chi connectivity index (χ2n) is 5.39. The molecular weight excluding hydrogens is 292 g/mol. The molecule has 1 atom stereocenters. The summed E-state index contributed by atoms with van der Waals surface area (Å²) in [6, 6.07) is 10.1. The highest BCUT2D eigenvalue weighted by Gasteiger charge is 2.13. The van der Waals surface area contributed by atoms with Crippen LogP contribution in [0.1, 0.15) is 31.3 Å². The Bertz CT molecular complexity index is 719. The van der Waals surface area contributed by atoms with Crippen molar-refractivity contribution >= 4 is 0 Å². The first-order valence-corrected chi connectivity index (χ1v) is 7.75. The third-order valence-electron chi connectivity index (χ3n) is 3.60. The number of ether oxygens (including phenoxy) is 1. The van der Waals surface area contributed by atoms with Crippen molar-refractivity contribution in [2.45, 2.75) is 32.9 Å². The molecule has 0 aliphatic heterocycles. The summed E-state index contributed by atoms with van der Waals surface area (Å²) in [4.78, 5) is 4.47. The highest BCUT2D eigenvalue weighted by Crippen LogP contribution is 2.19. The molecule has 0 aliphatic carbocycles. The smallest absolute Gasteiger partial charge is 0.229 e. The Labute approximate surface area is 135 Å². The van der Waals surface area contributed by atoms with Gasteiger partial charge in [0.1, 0.15) is 0 Å². The summed E-state index contributed by atoms with van der Waals surface area (Å²) in [5.74, 6) is 1.22. The van der Waals surface area contributed by atoms with E-state index in [2.05, 4.69) is 22.2 Å². The van der Waals surface area contributed by atoms with Crippen molar-refractivity contribution in [2.24, 2.45) is 0 Å². The van der Waals surface area contributed by atoms with Crippen molar-refractivity contribution in [2.75, 3.05) is 6.61 Å². The van der Waals surface area contributed by atoms with Crippen LogP contribution in [0.5, 0.6) is 0 Å². The van der Waals surface area contributed by atoms with Crippen LogP contribution in [0.15, 0.2) is 47.2 Å². The molecular formula is C17H20N4O2. The summed E-state index contributed by atoms with van der Waals surface area (Å²) in [7, 11) is 0. The molecule has 0 saturated carbocycles. The fourth-order valence-electron chi connectivity index (χ4n) is 2.31. The fourth-order valence-corrected chi connectivity index (χ4v) is 2.31. The first kappa shape index (κ1) is 15.4. The lowest BCUT2D eigenvalue weighted by Crippen LogP contribution is -2.08. The van der Waals surface area contributed by atoms with Crippen LogP contribution < -0.4 is 0 Å². The molecule has 1 aromatic carbocycles. The molecule has 6 heteroatoms. The molecule has 23 heavy (non-hydrogen) atoms. The second-order valence-corrected chi connectivity index (χ2v) is 5.39. The molecule has 3 aromatic rings. The SMILES string of the molecule is CCOCc1ccc(-c2noc(CC(C)n3cccn3)n2)cc1. The van der Waals surface area contributed by atoms with E-state index in [1.54, 1.807) is 6.20 Å². The number of benzene rings is 1. The minimum Gasteiger partial charge on any atom is -0.377 e. The lowest BCUT2D eigenvalue weighted by Gasteiger charge is -2.08. The Hall–Kier alpha value is -2.47. The van der Waals surface area contributed by atoms with E-state index in [0.717, 1.165) is 11.1 Å². The maximum Gasteiger partial charge on any atom is 0.229 e. The van der Waals surface area contributed by atoms with E-state index in [0.29, 0.717) is 31.3 Å². The van der Waals surface area contributed by atoms with Crippen LogP contribution in [0.2, 0.25) is 0 Å². The van der Waals surface area contributed by atoms with Gasteiger partial charge < -0.3 is 9.26 Å². The van der Waals surface area contributed by atoms with Crippen LogP contribution in [-0.4, -0.2) is 26.5 Å². The Morgan fingerprint density at radius 1 is 1.26 bits per heavy atom. The van der Waals surface area contributed by atoms with Gasteiger partial charge in [-0.1, -0.05) is 29.4 Å². The monoisotopic (exact) mass is 312 g/mol. The molecule has 0 saturated heterocycles. The van der Waals surface area contributed by atoms with Gasteiger partial charge >= 0.3 is 0 Å². The lowest BCUT2D eigenvalue weighted by atomic mass is 10.1. The molecule has 0 fully saturated rings. The third-order valence-corrected chi connectivity index (χ3v) is 3.60. The number of hydrogen-bond donors (Lipinski definition) is 0. The van der Waals surface area contributed by atoms with Crippen LogP contribution >= 0.6 is 0 Å². The minimum absolute atomic E-state index is 0.173. The number of nitrogens with zero attached hydrogens (tertiary/aromatic N) is 4. The fraction of sp³-hybridized carbons (Fsp3) is 0.353. The van der Waals surface area contributed by atoms with E-state index in [4.69, 9.17) is 9.26 Å². The van der Waals surface area contributed by atoms with Crippen molar-refractivity contribution in [3.8, 4) is 11.4 Å². The van der Waals surface area contributed by atoms with E-state index in [1.807, 2.05) is 48.1 Å². The Balaban J connectivity index is 1.66. The number of aromatic nitrogens is 4. The largest absolute Gasteiger partial charge is 0.377 e. The molecule has 0 amide bonds. The van der Waals surface area contributed by atoms with E-state index >= 15 is 0 Å². The predicted octanol–water partition coefficient (Wildman–Crippen LogP) is 3.27. The average molecular weight is 312 g/mol. The summed E-state index contributed by atoms with van der Waals surface area (Å²) >= 11 is 0. The summed E-state index contributed by atoms with van der Waals surface area (Å²) in [6.07, 6.45) is 4.34. The summed E-state index contributed by atoms with van der Waals surface area (Å²) < 4.78 is 12.6. The van der Waals surface area contributed by atoms with Crippen LogP contribution in [0.4, 0.5) is 0 Å². The maximum atomic E-state index is 5.39. The molecule has 6 nitrogen and oxygen atoms in total. The van der Waals surface area contributed by atoms with Crippen LogP contribution in [0.3, 0.4) is 0 Å². The third kappa shape index (κ3) is 3.84. The van der Waals surface area contributed by atoms with E-state index in [-0.39, 0.29) is 6.04 Å². The second kappa shape index (κ2) is 7.19. The Morgan fingerprint density at radius 2 is 2.09 bits per heavy atom. The first-order chi connectivity index (χ1) is 11.3. The van der Waals surface area contributed by atoms with Crippen LogP contribution in [0, 0.1) is 0 Å². The molecule has 2 heterocycles. The van der Waals surface area contributed by atoms with Crippen LogP contribution in [0.25, 0.3) is 11.4 Å². The average Bonchev–Trinajstić information content (AvgIpc) is 3.25. The zero-order chi connectivity index (χ0) is 16.1. The summed E-state index contributed by atoms with van der Waals surface area (Å²) in [6.45, 7) is 5.39. The molecule has 0 spiro atoms. The van der Waals surface area contributed by atoms with Gasteiger partial charge in [0.25, 0.3) is 0 Å². The number of rotatable bonds is 7. The highest BCUT2D eigenvalue weighted by molar-refractivity contribution is 5.54. The molecule has 3 rings (SSSR count). The van der Waals surface area contributed by atoms with Crippen molar-refractivity contribution in [1.82, 2.24) is 19.9 Å². The van der Waals surface area contributed by atoms with Crippen molar-refractivity contribution in [3.63, 3.8) is 0 Å².